The van der Waals surface area contributed by atoms with Gasteiger partial charge in [-0.2, -0.15) is 0 Å². The number of nitrogens with zero attached hydrogens (tertiary/aromatic N) is 1. The molecule has 1 aromatic heterocycles. The summed E-state index contributed by atoms with van der Waals surface area (Å²) < 4.78 is 27.1. The molecule has 0 spiro atoms. The monoisotopic (exact) mass is 465 g/mol. The molecule has 1 aliphatic rings. The van der Waals surface area contributed by atoms with Crippen LogP contribution in [-0.2, 0) is 22.8 Å². The fraction of sp³-hybridized carbons (Fsp3) is 0.280. The average Bonchev–Trinajstić information content (AvgIpc) is 2.96. The van der Waals surface area contributed by atoms with Crippen molar-refractivity contribution in [2.24, 2.45) is 5.73 Å². The molecule has 1 aliphatic heterocycles. The predicted molar refractivity (Wildman–Crippen MR) is 125 cm³/mol. The third-order valence-electron chi connectivity index (χ3n) is 6.07. The van der Waals surface area contributed by atoms with Crippen molar-refractivity contribution in [2.75, 3.05) is 6.54 Å². The van der Waals surface area contributed by atoms with Crippen LogP contribution in [0.15, 0.2) is 52.3 Å². The molecule has 0 saturated heterocycles. The normalized spacial score (nSPS) is 14.0. The zero-order valence-electron chi connectivity index (χ0n) is 18.9. The first-order valence-corrected chi connectivity index (χ1v) is 12.3. The van der Waals surface area contributed by atoms with Gasteiger partial charge in [0.05, 0.1) is 4.90 Å². The molecule has 3 N–H and O–H groups in total. The second-order valence-corrected chi connectivity index (χ2v) is 10.5. The van der Waals surface area contributed by atoms with Crippen molar-refractivity contribution in [1.29, 1.82) is 0 Å². The molecule has 0 radical (unpaired) electrons. The van der Waals surface area contributed by atoms with Crippen LogP contribution in [0.5, 0.6) is 0 Å². The van der Waals surface area contributed by atoms with Gasteiger partial charge in [-0.25, -0.2) is 8.42 Å². The van der Waals surface area contributed by atoms with Crippen LogP contribution in [0.1, 0.15) is 55.2 Å². The van der Waals surface area contributed by atoms with Crippen molar-refractivity contribution in [3.8, 4) is 0 Å². The fourth-order valence-corrected chi connectivity index (χ4v) is 6.38. The first kappa shape index (κ1) is 22.8. The Morgan fingerprint density at radius 3 is 2.24 bits per heavy atom. The lowest BCUT2D eigenvalue weighted by Gasteiger charge is -2.21. The van der Waals surface area contributed by atoms with Gasteiger partial charge >= 0.3 is 0 Å². The van der Waals surface area contributed by atoms with Crippen LogP contribution in [0.4, 0.5) is 0 Å². The number of rotatable bonds is 4. The summed E-state index contributed by atoms with van der Waals surface area (Å²) in [7, 11) is -4.09. The van der Waals surface area contributed by atoms with Gasteiger partial charge in [-0.05, 0) is 73.6 Å². The maximum absolute atomic E-state index is 13.6. The van der Waals surface area contributed by atoms with E-state index in [4.69, 9.17) is 5.73 Å². The summed E-state index contributed by atoms with van der Waals surface area (Å²) >= 11 is 0. The summed E-state index contributed by atoms with van der Waals surface area (Å²) in [4.78, 5) is 30.0. The lowest BCUT2D eigenvalue weighted by Crippen LogP contribution is -2.31. The van der Waals surface area contributed by atoms with Gasteiger partial charge in [-0.1, -0.05) is 30.3 Å². The van der Waals surface area contributed by atoms with Crippen LogP contribution in [0.2, 0.25) is 0 Å². The molecule has 4 rings (SSSR count). The number of benzene rings is 2. The predicted octanol–water partition coefficient (Wildman–Crippen LogP) is 3.46. The molecule has 0 saturated carbocycles. The number of amides is 2. The second kappa shape index (κ2) is 8.51. The first-order chi connectivity index (χ1) is 15.6. The Kier molecular flexibility index (Phi) is 5.88. The largest absolute Gasteiger partial charge is 0.364 e. The first-order valence-electron chi connectivity index (χ1n) is 10.8. The van der Waals surface area contributed by atoms with Crippen molar-refractivity contribution < 1.29 is 18.0 Å². The molecular weight excluding hydrogens is 438 g/mol. The highest BCUT2D eigenvalue weighted by atomic mass is 32.2. The topological polar surface area (TPSA) is 113 Å². The van der Waals surface area contributed by atoms with Crippen LogP contribution >= 0.6 is 0 Å². The van der Waals surface area contributed by atoms with E-state index in [2.05, 4.69) is 11.1 Å². The Hall–Kier alpha value is -3.39. The minimum atomic E-state index is -4.09. The van der Waals surface area contributed by atoms with Gasteiger partial charge in [0, 0.05) is 13.1 Å². The molecule has 0 fully saturated rings. The van der Waals surface area contributed by atoms with E-state index in [1.165, 1.54) is 12.5 Å². The molecule has 2 heterocycles. The van der Waals surface area contributed by atoms with Gasteiger partial charge in [-0.3, -0.25) is 9.59 Å². The van der Waals surface area contributed by atoms with Crippen LogP contribution in [0, 0.1) is 20.8 Å². The number of nitrogens with two attached hydrogens (primary N) is 1. The summed E-state index contributed by atoms with van der Waals surface area (Å²) in [5, 5.41) is 0. The maximum atomic E-state index is 13.6. The molecule has 0 unspecified atom stereocenters. The number of carbonyl (C=O) groups is 2. The Morgan fingerprint density at radius 1 is 0.970 bits per heavy atom. The van der Waals surface area contributed by atoms with E-state index in [0.29, 0.717) is 13.1 Å². The van der Waals surface area contributed by atoms with Crippen LogP contribution in [0.3, 0.4) is 0 Å². The van der Waals surface area contributed by atoms with Crippen molar-refractivity contribution >= 4 is 21.7 Å². The van der Waals surface area contributed by atoms with E-state index in [9.17, 15) is 18.0 Å². The number of aromatic amines is 1. The van der Waals surface area contributed by atoms with Crippen LogP contribution < -0.4 is 5.73 Å². The summed E-state index contributed by atoms with van der Waals surface area (Å²) in [5.74, 6) is -1.28. The molecule has 0 bridgehead atoms. The minimum absolute atomic E-state index is 0.0623. The highest BCUT2D eigenvalue weighted by molar-refractivity contribution is 7.91. The molecule has 2 amide bonds. The van der Waals surface area contributed by atoms with Crippen molar-refractivity contribution in [3.05, 3.63) is 81.7 Å². The zero-order valence-corrected chi connectivity index (χ0v) is 19.8. The van der Waals surface area contributed by atoms with E-state index in [1.54, 1.807) is 30.9 Å². The third-order valence-corrected chi connectivity index (χ3v) is 7.97. The SMILES string of the molecule is Cc1cc(C)cc(S(=O)(=O)c2c(C(N)=O)[nH]c(C(=O)N3CCCc4ccccc4C3)c2C)c1. The molecule has 0 atom stereocenters. The molecule has 0 aliphatic carbocycles. The number of H-pyrrole nitrogens is 1. The molecule has 33 heavy (non-hydrogen) atoms. The van der Waals surface area contributed by atoms with Gasteiger partial charge in [-0.15, -0.1) is 0 Å². The summed E-state index contributed by atoms with van der Waals surface area (Å²) in [6, 6.07) is 12.9. The van der Waals surface area contributed by atoms with E-state index in [-0.39, 0.29) is 32.6 Å². The number of sulfone groups is 1. The van der Waals surface area contributed by atoms with E-state index >= 15 is 0 Å². The number of nitrogens with one attached hydrogen (secondary N) is 1. The van der Waals surface area contributed by atoms with Gasteiger partial charge < -0.3 is 15.6 Å². The number of aromatic nitrogens is 1. The Labute approximate surface area is 193 Å². The third kappa shape index (κ3) is 4.18. The fourth-order valence-electron chi connectivity index (χ4n) is 4.54. The molecule has 7 nitrogen and oxygen atoms in total. The van der Waals surface area contributed by atoms with Crippen molar-refractivity contribution in [3.63, 3.8) is 0 Å². The quantitative estimate of drug-likeness (QED) is 0.614. The molecule has 172 valence electrons. The number of fused-ring (bicyclic) bond motifs is 1. The smallest absolute Gasteiger partial charge is 0.270 e. The van der Waals surface area contributed by atoms with Crippen LogP contribution in [-0.4, -0.2) is 36.7 Å². The number of hydrogen-bond donors (Lipinski definition) is 2. The van der Waals surface area contributed by atoms with E-state index in [0.717, 1.165) is 29.5 Å². The maximum Gasteiger partial charge on any atom is 0.270 e. The lowest BCUT2D eigenvalue weighted by atomic mass is 10.0. The van der Waals surface area contributed by atoms with Gasteiger partial charge in [0.1, 0.15) is 16.3 Å². The minimum Gasteiger partial charge on any atom is -0.364 e. The van der Waals surface area contributed by atoms with E-state index in [1.807, 2.05) is 24.3 Å². The van der Waals surface area contributed by atoms with Crippen molar-refractivity contribution in [1.82, 2.24) is 9.88 Å². The zero-order chi connectivity index (χ0) is 23.9. The van der Waals surface area contributed by atoms with E-state index < -0.39 is 15.7 Å². The number of carbonyl (C=O) groups excluding carboxylic acids is 2. The van der Waals surface area contributed by atoms with Gasteiger partial charge in [0.2, 0.25) is 9.84 Å². The number of hydrogen-bond acceptors (Lipinski definition) is 4. The number of aryl methyl sites for hydroxylation is 3. The molecule has 2 aromatic carbocycles. The Bertz CT molecular complexity index is 1350. The average molecular weight is 466 g/mol. The highest BCUT2D eigenvalue weighted by Crippen LogP contribution is 2.31. The lowest BCUT2D eigenvalue weighted by molar-refractivity contribution is 0.0740. The van der Waals surface area contributed by atoms with Gasteiger partial charge in [0.15, 0.2) is 0 Å². The summed E-state index contributed by atoms with van der Waals surface area (Å²) in [6.07, 6.45) is 1.65. The highest BCUT2D eigenvalue weighted by Gasteiger charge is 2.33. The summed E-state index contributed by atoms with van der Waals surface area (Å²) in [5.41, 5.74) is 9.36. The molecule has 8 heteroatoms. The molecular formula is C25H27N3O4S. The second-order valence-electron chi connectivity index (χ2n) is 8.62. The standard InChI is InChI=1S/C25H27N3O4S/c1-15-11-16(2)13-20(12-15)33(31,32)23-17(3)21(27-22(23)24(26)29)25(30)28-10-6-9-18-7-4-5-8-19(18)14-28/h4-5,7-8,11-13,27H,6,9-10,14H2,1-3H3,(H2,26,29). The van der Waals surface area contributed by atoms with Crippen LogP contribution in [0.25, 0.3) is 0 Å². The van der Waals surface area contributed by atoms with Crippen molar-refractivity contribution in [2.45, 2.75) is 49.9 Å². The van der Waals surface area contributed by atoms with Gasteiger partial charge in [0.25, 0.3) is 11.8 Å². The summed E-state index contributed by atoms with van der Waals surface area (Å²) in [6.45, 7) is 6.08. The Balaban J connectivity index is 1.80. The Morgan fingerprint density at radius 2 is 1.61 bits per heavy atom. The molecule has 3 aromatic rings. The number of primary amides is 1.